The van der Waals surface area contributed by atoms with Gasteiger partial charge < -0.3 is 14.7 Å². The second kappa shape index (κ2) is 7.28. The first-order valence-electron chi connectivity index (χ1n) is 8.21. The zero-order valence-electron chi connectivity index (χ0n) is 13.9. The van der Waals surface area contributed by atoms with Crippen LogP contribution in [-0.4, -0.2) is 36.4 Å². The molecule has 0 radical (unpaired) electrons. The Morgan fingerprint density at radius 3 is 2.52 bits per heavy atom. The van der Waals surface area contributed by atoms with Gasteiger partial charge in [-0.15, -0.1) is 0 Å². The minimum absolute atomic E-state index is 0.382. The number of hydrogen-bond donors (Lipinski definition) is 2. The number of aliphatic hydroxyl groups excluding tert-OH is 1. The van der Waals surface area contributed by atoms with Gasteiger partial charge in [-0.05, 0) is 58.6 Å². The maximum absolute atomic E-state index is 10.3. The third-order valence-electron chi connectivity index (χ3n) is 4.77. The van der Waals surface area contributed by atoms with Crippen molar-refractivity contribution in [2.24, 2.45) is 0 Å². The van der Waals surface area contributed by atoms with E-state index in [2.05, 4.69) is 39.8 Å². The predicted molar refractivity (Wildman–Crippen MR) is 86.0 cm³/mol. The standard InChI is InChI=1S/C18H29NO2/c1-13-8-9-18(14(2)10-13)21-12-17(20)11-19-15(3)6-5-7-16(19)4/h8-10,15-17,20H,5-7,11-12H2,1-4H3/p+1/t15-,16+,17-/m0/s1. The SMILES string of the molecule is Cc1ccc(OC[C@@H](O)C[NH+]2[C@H](C)CCC[C@@H]2C)c(C)c1. The molecule has 0 spiro atoms. The summed E-state index contributed by atoms with van der Waals surface area (Å²) >= 11 is 0. The van der Waals surface area contributed by atoms with Crippen molar-refractivity contribution in [2.75, 3.05) is 13.2 Å². The van der Waals surface area contributed by atoms with Gasteiger partial charge >= 0.3 is 0 Å². The predicted octanol–water partition coefficient (Wildman–Crippen LogP) is 1.89. The molecule has 1 aliphatic heterocycles. The first kappa shape index (κ1) is 16.3. The molecule has 1 fully saturated rings. The highest BCUT2D eigenvalue weighted by Crippen LogP contribution is 2.18. The smallest absolute Gasteiger partial charge is 0.137 e. The summed E-state index contributed by atoms with van der Waals surface area (Å²) in [6.45, 7) is 9.88. The zero-order valence-corrected chi connectivity index (χ0v) is 13.9. The Kier molecular flexibility index (Phi) is 5.65. The van der Waals surface area contributed by atoms with Crippen LogP contribution < -0.4 is 9.64 Å². The molecule has 3 heteroatoms. The number of piperidine rings is 1. The number of hydrogen-bond acceptors (Lipinski definition) is 2. The van der Waals surface area contributed by atoms with Crippen molar-refractivity contribution in [3.05, 3.63) is 29.3 Å². The van der Waals surface area contributed by atoms with Crippen LogP contribution in [0.3, 0.4) is 0 Å². The third kappa shape index (κ3) is 4.45. The highest BCUT2D eigenvalue weighted by Gasteiger charge is 2.30. The summed E-state index contributed by atoms with van der Waals surface area (Å²) in [5.41, 5.74) is 2.37. The fraction of sp³-hybridized carbons (Fsp3) is 0.667. The van der Waals surface area contributed by atoms with Crippen LogP contribution in [0.1, 0.15) is 44.2 Å². The van der Waals surface area contributed by atoms with E-state index in [9.17, 15) is 5.11 Å². The average Bonchev–Trinajstić information content (AvgIpc) is 2.42. The van der Waals surface area contributed by atoms with Crippen molar-refractivity contribution < 1.29 is 14.7 Å². The molecule has 1 aromatic rings. The van der Waals surface area contributed by atoms with E-state index in [0.29, 0.717) is 18.7 Å². The van der Waals surface area contributed by atoms with Crippen LogP contribution in [-0.2, 0) is 0 Å². The van der Waals surface area contributed by atoms with Gasteiger partial charge in [0, 0.05) is 0 Å². The summed E-state index contributed by atoms with van der Waals surface area (Å²) in [7, 11) is 0. The van der Waals surface area contributed by atoms with E-state index in [1.54, 1.807) is 0 Å². The van der Waals surface area contributed by atoms with E-state index >= 15 is 0 Å². The number of benzene rings is 1. The van der Waals surface area contributed by atoms with Crippen LogP contribution in [0.5, 0.6) is 5.75 Å². The quantitative estimate of drug-likeness (QED) is 0.869. The van der Waals surface area contributed by atoms with Crippen molar-refractivity contribution in [3.63, 3.8) is 0 Å². The number of aliphatic hydroxyl groups is 1. The average molecular weight is 292 g/mol. The molecule has 118 valence electrons. The number of ether oxygens (including phenoxy) is 1. The molecule has 1 heterocycles. The van der Waals surface area contributed by atoms with E-state index in [1.807, 2.05) is 6.07 Å². The lowest BCUT2D eigenvalue weighted by Crippen LogP contribution is -3.20. The molecule has 0 aromatic heterocycles. The van der Waals surface area contributed by atoms with Gasteiger partial charge in [-0.1, -0.05) is 17.7 Å². The number of rotatable bonds is 5. The summed E-state index contributed by atoms with van der Waals surface area (Å²) in [6.07, 6.45) is 3.46. The largest absolute Gasteiger partial charge is 0.490 e. The van der Waals surface area contributed by atoms with Crippen LogP contribution in [0.4, 0.5) is 0 Å². The molecule has 1 saturated heterocycles. The van der Waals surface area contributed by atoms with Crippen molar-refractivity contribution >= 4 is 0 Å². The minimum atomic E-state index is -0.399. The summed E-state index contributed by atoms with van der Waals surface area (Å²) in [6, 6.07) is 7.45. The second-order valence-corrected chi connectivity index (χ2v) is 6.75. The Morgan fingerprint density at radius 1 is 1.24 bits per heavy atom. The molecule has 0 saturated carbocycles. The van der Waals surface area contributed by atoms with Gasteiger partial charge in [-0.25, -0.2) is 0 Å². The summed E-state index contributed by atoms with van der Waals surface area (Å²) in [5, 5.41) is 10.3. The van der Waals surface area contributed by atoms with Crippen LogP contribution in [0.25, 0.3) is 0 Å². The van der Waals surface area contributed by atoms with Crippen molar-refractivity contribution in [1.82, 2.24) is 0 Å². The molecule has 0 amide bonds. The Balaban J connectivity index is 1.85. The summed E-state index contributed by atoms with van der Waals surface area (Å²) in [4.78, 5) is 1.53. The molecular weight excluding hydrogens is 262 g/mol. The highest BCUT2D eigenvalue weighted by atomic mass is 16.5. The van der Waals surface area contributed by atoms with Gasteiger partial charge in [0.25, 0.3) is 0 Å². The van der Waals surface area contributed by atoms with Gasteiger partial charge in [0.05, 0.1) is 12.1 Å². The molecule has 1 aromatic carbocycles. The molecule has 3 nitrogen and oxygen atoms in total. The van der Waals surface area contributed by atoms with Gasteiger partial charge in [0.2, 0.25) is 0 Å². The molecule has 2 N–H and O–H groups in total. The first-order chi connectivity index (χ1) is 9.97. The van der Waals surface area contributed by atoms with E-state index in [-0.39, 0.29) is 0 Å². The van der Waals surface area contributed by atoms with E-state index in [4.69, 9.17) is 4.74 Å². The Bertz CT molecular complexity index is 451. The maximum Gasteiger partial charge on any atom is 0.137 e. The van der Waals surface area contributed by atoms with E-state index in [1.165, 1.54) is 29.7 Å². The topological polar surface area (TPSA) is 33.9 Å². The van der Waals surface area contributed by atoms with Gasteiger partial charge in [-0.3, -0.25) is 0 Å². The number of aryl methyl sites for hydroxylation is 2. The van der Waals surface area contributed by atoms with Gasteiger partial charge in [0.1, 0.15) is 25.0 Å². The normalized spacial score (nSPS) is 27.4. The Labute approximate surface area is 128 Å². The maximum atomic E-state index is 10.3. The van der Waals surface area contributed by atoms with Crippen LogP contribution in [0.2, 0.25) is 0 Å². The van der Waals surface area contributed by atoms with Crippen molar-refractivity contribution in [1.29, 1.82) is 0 Å². The van der Waals surface area contributed by atoms with Crippen molar-refractivity contribution in [3.8, 4) is 5.75 Å². The number of likely N-dealkylation sites (tertiary alicyclic amines) is 1. The molecule has 0 bridgehead atoms. The molecule has 0 aliphatic carbocycles. The van der Waals surface area contributed by atoms with Crippen LogP contribution >= 0.6 is 0 Å². The molecule has 2 rings (SSSR count). The zero-order chi connectivity index (χ0) is 15.4. The molecular formula is C18H30NO2+. The molecule has 4 atom stereocenters. The third-order valence-corrected chi connectivity index (χ3v) is 4.77. The summed E-state index contributed by atoms with van der Waals surface area (Å²) < 4.78 is 5.80. The Morgan fingerprint density at radius 2 is 1.90 bits per heavy atom. The monoisotopic (exact) mass is 292 g/mol. The van der Waals surface area contributed by atoms with Gasteiger partial charge in [-0.2, -0.15) is 0 Å². The van der Waals surface area contributed by atoms with E-state index in [0.717, 1.165) is 17.9 Å². The number of nitrogens with one attached hydrogen (secondary N) is 1. The second-order valence-electron chi connectivity index (χ2n) is 6.75. The molecule has 1 aliphatic rings. The Hall–Kier alpha value is -1.06. The van der Waals surface area contributed by atoms with Crippen LogP contribution in [0.15, 0.2) is 18.2 Å². The fourth-order valence-corrected chi connectivity index (χ4v) is 3.47. The minimum Gasteiger partial charge on any atom is -0.490 e. The fourth-order valence-electron chi connectivity index (χ4n) is 3.47. The molecule has 1 unspecified atom stereocenters. The first-order valence-corrected chi connectivity index (χ1v) is 8.21. The van der Waals surface area contributed by atoms with Crippen LogP contribution in [0, 0.1) is 13.8 Å². The van der Waals surface area contributed by atoms with Gasteiger partial charge in [0.15, 0.2) is 0 Å². The lowest BCUT2D eigenvalue weighted by atomic mass is 9.97. The van der Waals surface area contributed by atoms with Crippen molar-refractivity contribution in [2.45, 2.75) is 65.1 Å². The highest BCUT2D eigenvalue weighted by molar-refractivity contribution is 5.35. The summed E-state index contributed by atoms with van der Waals surface area (Å²) in [5.74, 6) is 0.884. The van der Waals surface area contributed by atoms with E-state index < -0.39 is 6.10 Å². The lowest BCUT2D eigenvalue weighted by molar-refractivity contribution is -0.954. The molecule has 21 heavy (non-hydrogen) atoms. The lowest BCUT2D eigenvalue weighted by Gasteiger charge is -2.36. The number of quaternary nitrogens is 1.